The van der Waals surface area contributed by atoms with Crippen molar-refractivity contribution < 1.29 is 4.57 Å². The topological polar surface area (TPSA) is 21.7 Å². The average molecular weight is 278 g/mol. The summed E-state index contributed by atoms with van der Waals surface area (Å²) in [5.41, 5.74) is 6.45. The Morgan fingerprint density at radius 2 is 1.71 bits per heavy atom. The molecule has 3 nitrogen and oxygen atoms in total. The van der Waals surface area contributed by atoms with E-state index in [2.05, 4.69) is 65.7 Å². The molecule has 0 saturated heterocycles. The fourth-order valence-electron chi connectivity index (χ4n) is 2.90. The molecule has 0 spiro atoms. The van der Waals surface area contributed by atoms with E-state index < -0.39 is 0 Å². The second-order valence-electron chi connectivity index (χ2n) is 5.60. The van der Waals surface area contributed by atoms with Gasteiger partial charge in [-0.2, -0.15) is 0 Å². The molecule has 3 rings (SSSR count). The molecule has 0 atom stereocenters. The molecular weight excluding hydrogens is 258 g/mol. The van der Waals surface area contributed by atoms with Crippen molar-refractivity contribution in [3.8, 4) is 5.69 Å². The summed E-state index contributed by atoms with van der Waals surface area (Å²) in [6.45, 7) is 7.34. The molecule has 3 aromatic rings. The highest BCUT2D eigenvalue weighted by atomic mass is 15.1. The van der Waals surface area contributed by atoms with Gasteiger partial charge in [0.15, 0.2) is 0 Å². The summed E-state index contributed by atoms with van der Waals surface area (Å²) in [6, 6.07) is 8.56. The van der Waals surface area contributed by atoms with Gasteiger partial charge in [0, 0.05) is 12.4 Å². The van der Waals surface area contributed by atoms with E-state index in [1.165, 1.54) is 27.9 Å². The SMILES string of the molecule is Cc1cc(C)c(-n2cc[n+](Cc3ccncc3)c2)c(C)c1. The van der Waals surface area contributed by atoms with E-state index in [-0.39, 0.29) is 0 Å². The van der Waals surface area contributed by atoms with E-state index in [9.17, 15) is 0 Å². The van der Waals surface area contributed by atoms with E-state index >= 15 is 0 Å². The Hall–Kier alpha value is -2.42. The molecule has 0 unspecified atom stereocenters. The molecule has 2 aromatic heterocycles. The average Bonchev–Trinajstić information content (AvgIpc) is 2.87. The van der Waals surface area contributed by atoms with Crippen LogP contribution in [0.2, 0.25) is 0 Å². The lowest BCUT2D eigenvalue weighted by atomic mass is 10.1. The van der Waals surface area contributed by atoms with Gasteiger partial charge in [0.05, 0.1) is 0 Å². The molecule has 106 valence electrons. The maximum atomic E-state index is 4.06. The quantitative estimate of drug-likeness (QED) is 0.675. The Bertz CT molecular complexity index is 734. The van der Waals surface area contributed by atoms with E-state index in [1.54, 1.807) is 0 Å². The van der Waals surface area contributed by atoms with Crippen LogP contribution < -0.4 is 4.57 Å². The summed E-state index contributed by atoms with van der Waals surface area (Å²) >= 11 is 0. The zero-order valence-corrected chi connectivity index (χ0v) is 12.7. The van der Waals surface area contributed by atoms with Gasteiger partial charge in [-0.15, -0.1) is 0 Å². The first kappa shape index (κ1) is 13.6. The first-order valence-electron chi connectivity index (χ1n) is 7.17. The number of rotatable bonds is 3. The molecule has 3 heteroatoms. The predicted molar refractivity (Wildman–Crippen MR) is 83.5 cm³/mol. The number of benzene rings is 1. The van der Waals surface area contributed by atoms with E-state index in [4.69, 9.17) is 0 Å². The Labute approximate surface area is 125 Å². The number of aromatic nitrogens is 3. The van der Waals surface area contributed by atoms with Crippen LogP contribution in [0, 0.1) is 20.8 Å². The normalized spacial score (nSPS) is 10.8. The second-order valence-corrected chi connectivity index (χ2v) is 5.60. The maximum Gasteiger partial charge on any atom is 0.249 e. The molecule has 0 aliphatic rings. The number of pyridine rings is 1. The number of nitrogens with zero attached hydrogens (tertiary/aromatic N) is 3. The van der Waals surface area contributed by atoms with Crippen LogP contribution in [0.5, 0.6) is 0 Å². The monoisotopic (exact) mass is 278 g/mol. The second kappa shape index (κ2) is 5.52. The van der Waals surface area contributed by atoms with Crippen LogP contribution in [0.15, 0.2) is 55.4 Å². The minimum atomic E-state index is 0.861. The molecule has 0 amide bonds. The fraction of sp³-hybridized carbons (Fsp3) is 0.222. The van der Waals surface area contributed by atoms with Gasteiger partial charge in [-0.1, -0.05) is 17.7 Å². The van der Waals surface area contributed by atoms with Crippen LogP contribution in [0.1, 0.15) is 22.3 Å². The minimum absolute atomic E-state index is 0.861. The van der Waals surface area contributed by atoms with Crippen molar-refractivity contribution in [3.05, 3.63) is 77.6 Å². The number of imidazole rings is 1. The number of hydrogen-bond donors (Lipinski definition) is 0. The van der Waals surface area contributed by atoms with Crippen molar-refractivity contribution in [2.24, 2.45) is 0 Å². The highest BCUT2D eigenvalue weighted by Gasteiger charge is 2.13. The van der Waals surface area contributed by atoms with Crippen LogP contribution in [-0.2, 0) is 6.54 Å². The highest BCUT2D eigenvalue weighted by molar-refractivity contribution is 5.48. The van der Waals surface area contributed by atoms with Gasteiger partial charge in [-0.25, -0.2) is 9.13 Å². The van der Waals surface area contributed by atoms with Crippen molar-refractivity contribution in [2.45, 2.75) is 27.3 Å². The lowest BCUT2D eigenvalue weighted by Crippen LogP contribution is -2.31. The van der Waals surface area contributed by atoms with Gasteiger partial charge in [-0.05, 0) is 49.6 Å². The molecule has 0 saturated carbocycles. The summed E-state index contributed by atoms with van der Waals surface area (Å²) in [4.78, 5) is 4.06. The lowest BCUT2D eigenvalue weighted by molar-refractivity contribution is -0.687. The molecule has 0 radical (unpaired) electrons. The van der Waals surface area contributed by atoms with Crippen molar-refractivity contribution in [2.75, 3.05) is 0 Å². The fourth-order valence-corrected chi connectivity index (χ4v) is 2.90. The first-order chi connectivity index (χ1) is 10.1. The van der Waals surface area contributed by atoms with Crippen LogP contribution in [0.25, 0.3) is 5.69 Å². The molecule has 0 aliphatic heterocycles. The zero-order chi connectivity index (χ0) is 14.8. The third-order valence-electron chi connectivity index (χ3n) is 3.70. The van der Waals surface area contributed by atoms with Crippen molar-refractivity contribution >= 4 is 0 Å². The van der Waals surface area contributed by atoms with Gasteiger partial charge in [-0.3, -0.25) is 4.98 Å². The predicted octanol–water partition coefficient (Wildman–Crippen LogP) is 3.13. The summed E-state index contributed by atoms with van der Waals surface area (Å²) in [5.74, 6) is 0. The summed E-state index contributed by atoms with van der Waals surface area (Å²) in [6.07, 6.45) is 10.0. The Morgan fingerprint density at radius 1 is 1.05 bits per heavy atom. The molecule has 2 heterocycles. The van der Waals surface area contributed by atoms with Gasteiger partial charge >= 0.3 is 0 Å². The van der Waals surface area contributed by atoms with Crippen LogP contribution >= 0.6 is 0 Å². The summed E-state index contributed by atoms with van der Waals surface area (Å²) < 4.78 is 4.39. The van der Waals surface area contributed by atoms with Crippen LogP contribution in [0.3, 0.4) is 0 Å². The summed E-state index contributed by atoms with van der Waals surface area (Å²) in [7, 11) is 0. The largest absolute Gasteiger partial charge is 0.265 e. The zero-order valence-electron chi connectivity index (χ0n) is 12.7. The number of hydrogen-bond acceptors (Lipinski definition) is 1. The molecule has 0 N–H and O–H groups in total. The molecule has 0 fully saturated rings. The minimum Gasteiger partial charge on any atom is -0.265 e. The van der Waals surface area contributed by atoms with Crippen molar-refractivity contribution in [3.63, 3.8) is 0 Å². The van der Waals surface area contributed by atoms with E-state index in [0.717, 1.165) is 6.54 Å². The molecule has 1 aromatic carbocycles. The van der Waals surface area contributed by atoms with Crippen LogP contribution in [0.4, 0.5) is 0 Å². The molecular formula is C18H20N3+. The standard InChI is InChI=1S/C18H20N3/c1-14-10-15(2)18(16(3)11-14)21-9-8-20(13-21)12-17-4-6-19-7-5-17/h4-11,13H,12H2,1-3H3/q+1. The van der Waals surface area contributed by atoms with Gasteiger partial charge in [0.1, 0.15) is 24.6 Å². The first-order valence-corrected chi connectivity index (χ1v) is 7.17. The maximum absolute atomic E-state index is 4.06. The Balaban J connectivity index is 1.92. The Kier molecular flexibility index (Phi) is 3.57. The third-order valence-corrected chi connectivity index (χ3v) is 3.70. The third kappa shape index (κ3) is 2.87. The molecule has 21 heavy (non-hydrogen) atoms. The van der Waals surface area contributed by atoms with Gasteiger partial charge in [0.25, 0.3) is 0 Å². The highest BCUT2D eigenvalue weighted by Crippen LogP contribution is 2.20. The Morgan fingerprint density at radius 3 is 2.38 bits per heavy atom. The lowest BCUT2D eigenvalue weighted by Gasteiger charge is -2.07. The number of aryl methyl sites for hydroxylation is 3. The summed E-state index contributed by atoms with van der Waals surface area (Å²) in [5, 5.41) is 0. The van der Waals surface area contributed by atoms with Crippen LogP contribution in [-0.4, -0.2) is 9.55 Å². The molecule has 0 bridgehead atoms. The van der Waals surface area contributed by atoms with E-state index in [1.807, 2.05) is 24.5 Å². The van der Waals surface area contributed by atoms with E-state index in [0.29, 0.717) is 0 Å². The molecule has 0 aliphatic carbocycles. The smallest absolute Gasteiger partial charge is 0.249 e. The van der Waals surface area contributed by atoms with Gasteiger partial charge < -0.3 is 0 Å². The van der Waals surface area contributed by atoms with Gasteiger partial charge in [0.2, 0.25) is 6.33 Å². The van der Waals surface area contributed by atoms with Crippen molar-refractivity contribution in [1.82, 2.24) is 9.55 Å². The van der Waals surface area contributed by atoms with Crippen molar-refractivity contribution in [1.29, 1.82) is 0 Å².